The Bertz CT molecular complexity index is 705. The van der Waals surface area contributed by atoms with E-state index in [1.165, 1.54) is 6.33 Å². The highest BCUT2D eigenvalue weighted by molar-refractivity contribution is 6.31. The first-order valence-electron chi connectivity index (χ1n) is 6.42. The fourth-order valence-electron chi connectivity index (χ4n) is 1.85. The van der Waals surface area contributed by atoms with Crippen LogP contribution in [0.2, 0.25) is 5.02 Å². The van der Waals surface area contributed by atoms with Crippen molar-refractivity contribution < 1.29 is 9.47 Å². The summed E-state index contributed by atoms with van der Waals surface area (Å²) in [6.07, 6.45) is 1.25. The van der Waals surface area contributed by atoms with E-state index in [1.807, 2.05) is 6.07 Å². The summed E-state index contributed by atoms with van der Waals surface area (Å²) in [5.74, 6) is 1.40. The number of ether oxygens (including phenoxy) is 2. The highest BCUT2D eigenvalue weighted by atomic mass is 35.5. The van der Waals surface area contributed by atoms with Crippen molar-refractivity contribution >= 4 is 11.6 Å². The summed E-state index contributed by atoms with van der Waals surface area (Å²) in [7, 11) is 1.61. The number of aromatic amines is 1. The minimum absolute atomic E-state index is 0.0758. The minimum Gasteiger partial charge on any atom is -0.497 e. The van der Waals surface area contributed by atoms with Gasteiger partial charge in [0.1, 0.15) is 11.5 Å². The zero-order valence-corrected chi connectivity index (χ0v) is 13.1. The molecule has 6 heteroatoms. The van der Waals surface area contributed by atoms with Gasteiger partial charge in [0.25, 0.3) is 5.56 Å². The van der Waals surface area contributed by atoms with Gasteiger partial charge in [-0.1, -0.05) is 32.4 Å². The average molecular weight is 309 g/mol. The molecule has 0 unspecified atom stereocenters. The molecule has 0 saturated heterocycles. The first-order chi connectivity index (χ1) is 9.82. The Labute approximate surface area is 127 Å². The Hall–Kier alpha value is -2.01. The van der Waals surface area contributed by atoms with Gasteiger partial charge in [-0.15, -0.1) is 0 Å². The number of aromatic nitrogens is 2. The van der Waals surface area contributed by atoms with Gasteiger partial charge in [-0.2, -0.15) is 0 Å². The maximum absolute atomic E-state index is 11.5. The van der Waals surface area contributed by atoms with Crippen molar-refractivity contribution in [3.8, 4) is 17.4 Å². The lowest BCUT2D eigenvalue weighted by Crippen LogP contribution is -2.14. The van der Waals surface area contributed by atoms with E-state index in [9.17, 15) is 4.79 Å². The largest absolute Gasteiger partial charge is 0.497 e. The Morgan fingerprint density at radius 1 is 1.29 bits per heavy atom. The lowest BCUT2D eigenvalue weighted by atomic mass is 9.86. The van der Waals surface area contributed by atoms with Crippen molar-refractivity contribution in [1.29, 1.82) is 0 Å². The third-order valence-corrected chi connectivity index (χ3v) is 3.30. The number of H-pyrrole nitrogens is 1. The monoisotopic (exact) mass is 308 g/mol. The minimum atomic E-state index is -0.438. The third-order valence-electron chi connectivity index (χ3n) is 2.97. The molecule has 0 aliphatic heterocycles. The van der Waals surface area contributed by atoms with Crippen LogP contribution in [0.1, 0.15) is 26.3 Å². The summed E-state index contributed by atoms with van der Waals surface area (Å²) in [6, 6.07) is 5.46. The van der Waals surface area contributed by atoms with Gasteiger partial charge in [-0.05, 0) is 23.6 Å². The number of hydrogen-bond acceptors (Lipinski definition) is 4. The molecule has 5 nitrogen and oxygen atoms in total. The number of rotatable bonds is 3. The van der Waals surface area contributed by atoms with Crippen molar-refractivity contribution in [2.24, 2.45) is 0 Å². The number of halogens is 1. The van der Waals surface area contributed by atoms with E-state index >= 15 is 0 Å². The first kappa shape index (κ1) is 15.4. The van der Waals surface area contributed by atoms with Crippen LogP contribution in [0.3, 0.4) is 0 Å². The Morgan fingerprint density at radius 3 is 2.62 bits per heavy atom. The fourth-order valence-corrected chi connectivity index (χ4v) is 2.00. The van der Waals surface area contributed by atoms with E-state index in [-0.39, 0.29) is 16.3 Å². The van der Waals surface area contributed by atoms with E-state index in [0.29, 0.717) is 5.75 Å². The Kier molecular flexibility index (Phi) is 4.23. The van der Waals surface area contributed by atoms with Gasteiger partial charge in [0.2, 0.25) is 5.88 Å². The van der Waals surface area contributed by atoms with Crippen molar-refractivity contribution in [2.45, 2.75) is 26.2 Å². The van der Waals surface area contributed by atoms with E-state index in [1.54, 1.807) is 19.2 Å². The highest BCUT2D eigenvalue weighted by Gasteiger charge is 2.21. The summed E-state index contributed by atoms with van der Waals surface area (Å²) >= 11 is 5.91. The smallest absolute Gasteiger partial charge is 0.273 e. The van der Waals surface area contributed by atoms with Gasteiger partial charge in [0.05, 0.1) is 13.4 Å². The summed E-state index contributed by atoms with van der Waals surface area (Å²) < 4.78 is 11.0. The summed E-state index contributed by atoms with van der Waals surface area (Å²) in [5.41, 5.74) is 0.324. The fraction of sp³-hybridized carbons (Fsp3) is 0.333. The number of benzene rings is 1. The highest BCUT2D eigenvalue weighted by Crippen LogP contribution is 2.37. The average Bonchev–Trinajstić information content (AvgIpc) is 2.43. The first-order valence-corrected chi connectivity index (χ1v) is 6.80. The van der Waals surface area contributed by atoms with E-state index in [2.05, 4.69) is 30.7 Å². The molecule has 0 radical (unpaired) electrons. The van der Waals surface area contributed by atoms with Crippen LogP contribution < -0.4 is 15.0 Å². The van der Waals surface area contributed by atoms with Crippen LogP contribution in [-0.4, -0.2) is 17.1 Å². The van der Waals surface area contributed by atoms with E-state index < -0.39 is 5.56 Å². The Balaban J connectivity index is 2.49. The van der Waals surface area contributed by atoms with E-state index in [0.717, 1.165) is 11.3 Å². The molecule has 1 aromatic heterocycles. The second-order valence-electron chi connectivity index (χ2n) is 5.56. The van der Waals surface area contributed by atoms with Gasteiger partial charge >= 0.3 is 0 Å². The number of nitrogens with one attached hydrogen (secondary N) is 1. The van der Waals surface area contributed by atoms with Gasteiger partial charge in [0, 0.05) is 5.56 Å². The second-order valence-corrected chi connectivity index (χ2v) is 5.94. The lowest BCUT2D eigenvalue weighted by molar-refractivity contribution is 0.405. The second kappa shape index (κ2) is 5.77. The molecule has 21 heavy (non-hydrogen) atoms. The maximum atomic E-state index is 11.5. The summed E-state index contributed by atoms with van der Waals surface area (Å²) in [5, 5.41) is -0.0758. The maximum Gasteiger partial charge on any atom is 0.273 e. The van der Waals surface area contributed by atoms with Crippen LogP contribution in [0, 0.1) is 0 Å². The van der Waals surface area contributed by atoms with Gasteiger partial charge < -0.3 is 14.5 Å². The zero-order chi connectivity index (χ0) is 15.6. The van der Waals surface area contributed by atoms with Crippen LogP contribution >= 0.6 is 11.6 Å². The Morgan fingerprint density at radius 2 is 2.00 bits per heavy atom. The van der Waals surface area contributed by atoms with E-state index in [4.69, 9.17) is 21.1 Å². The number of nitrogens with zero attached hydrogens (tertiary/aromatic N) is 1. The zero-order valence-electron chi connectivity index (χ0n) is 12.4. The molecule has 0 aliphatic carbocycles. The molecule has 0 amide bonds. The van der Waals surface area contributed by atoms with Crippen molar-refractivity contribution in [3.05, 3.63) is 45.5 Å². The van der Waals surface area contributed by atoms with Crippen LogP contribution in [0.25, 0.3) is 0 Å². The molecule has 2 aromatic rings. The van der Waals surface area contributed by atoms with Gasteiger partial charge in [-0.3, -0.25) is 4.79 Å². The topological polar surface area (TPSA) is 64.2 Å². The predicted molar refractivity (Wildman–Crippen MR) is 81.6 cm³/mol. The standard InChI is InChI=1S/C15H17ClN2O3/c1-15(2,3)10-7-9(20-4)5-6-11(10)21-14-12(16)13(19)17-8-18-14/h5-8H,1-4H3,(H,17,18,19). The molecule has 0 aliphatic rings. The molecule has 0 saturated carbocycles. The molecule has 1 heterocycles. The quantitative estimate of drug-likeness (QED) is 0.942. The molecule has 0 atom stereocenters. The normalized spacial score (nSPS) is 11.3. The molecule has 0 fully saturated rings. The molecular formula is C15H17ClN2O3. The van der Waals surface area contributed by atoms with Gasteiger partial charge in [0.15, 0.2) is 5.02 Å². The van der Waals surface area contributed by atoms with Gasteiger partial charge in [-0.25, -0.2) is 4.98 Å². The molecule has 0 bridgehead atoms. The van der Waals surface area contributed by atoms with Crippen LogP contribution in [-0.2, 0) is 5.41 Å². The molecule has 1 N–H and O–H groups in total. The molecular weight excluding hydrogens is 292 g/mol. The molecule has 1 aromatic carbocycles. The molecule has 0 spiro atoms. The van der Waals surface area contributed by atoms with Crippen LogP contribution in [0.5, 0.6) is 17.4 Å². The predicted octanol–water partition coefficient (Wildman–Crippen LogP) is 3.52. The number of hydrogen-bond donors (Lipinski definition) is 1. The SMILES string of the molecule is COc1ccc(Oc2nc[nH]c(=O)c2Cl)c(C(C)(C)C)c1. The van der Waals surface area contributed by atoms with Crippen molar-refractivity contribution in [1.82, 2.24) is 9.97 Å². The molecule has 112 valence electrons. The van der Waals surface area contributed by atoms with Crippen molar-refractivity contribution in [3.63, 3.8) is 0 Å². The van der Waals surface area contributed by atoms with Crippen molar-refractivity contribution in [2.75, 3.05) is 7.11 Å². The number of methoxy groups -OCH3 is 1. The third kappa shape index (κ3) is 3.36. The van der Waals surface area contributed by atoms with Crippen LogP contribution in [0.15, 0.2) is 29.3 Å². The summed E-state index contributed by atoms with van der Waals surface area (Å²) in [4.78, 5) is 17.8. The molecule has 2 rings (SSSR count). The lowest BCUT2D eigenvalue weighted by Gasteiger charge is -2.23. The summed E-state index contributed by atoms with van der Waals surface area (Å²) in [6.45, 7) is 6.17. The van der Waals surface area contributed by atoms with Crippen LogP contribution in [0.4, 0.5) is 0 Å².